The predicted octanol–water partition coefficient (Wildman–Crippen LogP) is 1.12. The van der Waals surface area contributed by atoms with Crippen LogP contribution < -0.4 is 10.1 Å². The minimum Gasteiger partial charge on any atom is -0.503 e. The van der Waals surface area contributed by atoms with Gasteiger partial charge in [-0.25, -0.2) is 9.69 Å². The van der Waals surface area contributed by atoms with Crippen LogP contribution in [0.25, 0.3) is 6.08 Å². The van der Waals surface area contributed by atoms with Crippen LogP contribution in [0.1, 0.15) is 5.56 Å². The minimum atomic E-state index is -0.733. The average molecular weight is 341 g/mol. The van der Waals surface area contributed by atoms with Crippen molar-refractivity contribution in [2.24, 2.45) is 0 Å². The molecule has 2 rings (SSSR count). The van der Waals surface area contributed by atoms with E-state index >= 15 is 0 Å². The summed E-state index contributed by atoms with van der Waals surface area (Å²) in [5.41, 5.74) is 0.385. The number of hydrogen-bond acceptors (Lipinski definition) is 6. The summed E-state index contributed by atoms with van der Waals surface area (Å²) in [6, 6.07) is 2.11. The highest BCUT2D eigenvalue weighted by Crippen LogP contribution is 2.35. The summed E-state index contributed by atoms with van der Waals surface area (Å²) in [5, 5.41) is 12.0. The van der Waals surface area contributed by atoms with Crippen LogP contribution in [0.4, 0.5) is 4.79 Å². The molecule has 1 heterocycles. The number of urea groups is 1. The van der Waals surface area contributed by atoms with Gasteiger partial charge in [-0.1, -0.05) is 11.6 Å². The van der Waals surface area contributed by atoms with Gasteiger partial charge >= 0.3 is 12.0 Å². The largest absolute Gasteiger partial charge is 0.503 e. The van der Waals surface area contributed by atoms with Crippen molar-refractivity contribution in [2.45, 2.75) is 0 Å². The molecule has 1 saturated heterocycles. The number of benzene rings is 1. The number of nitrogens with one attached hydrogen (secondary N) is 1. The number of phenols is 1. The Bertz CT molecular complexity index is 715. The Morgan fingerprint density at radius 1 is 1.39 bits per heavy atom. The zero-order valence-electron chi connectivity index (χ0n) is 12.3. The molecule has 2 N–H and O–H groups in total. The average Bonchev–Trinajstić information content (AvgIpc) is 2.78. The summed E-state index contributed by atoms with van der Waals surface area (Å²) in [6.07, 6.45) is 1.35. The van der Waals surface area contributed by atoms with E-state index in [0.717, 1.165) is 12.0 Å². The van der Waals surface area contributed by atoms with E-state index in [1.54, 1.807) is 0 Å². The maximum Gasteiger partial charge on any atom is 0.329 e. The lowest BCUT2D eigenvalue weighted by molar-refractivity contribution is -0.143. The first-order valence-electron chi connectivity index (χ1n) is 6.35. The van der Waals surface area contributed by atoms with E-state index in [9.17, 15) is 19.5 Å². The Morgan fingerprint density at radius 3 is 2.70 bits per heavy atom. The molecule has 122 valence electrons. The fourth-order valence-electron chi connectivity index (χ4n) is 1.91. The monoisotopic (exact) mass is 340 g/mol. The van der Waals surface area contributed by atoms with Crippen molar-refractivity contribution in [1.29, 1.82) is 0 Å². The SMILES string of the molecule is COC(=O)CN1C(=O)NC(=Cc2cc(Cl)c(O)c(OC)c2)C1=O. The summed E-state index contributed by atoms with van der Waals surface area (Å²) in [4.78, 5) is 35.8. The third-order valence-corrected chi connectivity index (χ3v) is 3.35. The lowest BCUT2D eigenvalue weighted by Gasteiger charge is -2.09. The number of hydrogen-bond donors (Lipinski definition) is 2. The van der Waals surface area contributed by atoms with Crippen LogP contribution in [0.15, 0.2) is 17.8 Å². The minimum absolute atomic E-state index is 0.0272. The van der Waals surface area contributed by atoms with Gasteiger partial charge in [0.15, 0.2) is 11.5 Å². The molecule has 9 heteroatoms. The first-order chi connectivity index (χ1) is 10.9. The standard InChI is InChI=1S/C14H13ClN2O6/c1-22-10-5-7(3-8(15)12(10)19)4-9-13(20)17(14(21)16-9)6-11(18)23-2/h3-5,19H,6H2,1-2H3,(H,16,21). The predicted molar refractivity (Wildman–Crippen MR) is 79.9 cm³/mol. The molecule has 0 aromatic heterocycles. The molecule has 0 spiro atoms. The number of ether oxygens (including phenoxy) is 2. The number of rotatable bonds is 4. The topological polar surface area (TPSA) is 105 Å². The molecule has 3 amide bonds. The molecule has 1 aromatic carbocycles. The van der Waals surface area contributed by atoms with E-state index in [-0.39, 0.29) is 22.2 Å². The Labute approximate surface area is 136 Å². The highest BCUT2D eigenvalue weighted by Gasteiger charge is 2.35. The number of amides is 3. The maximum atomic E-state index is 12.1. The molecule has 0 bridgehead atoms. The van der Waals surface area contributed by atoms with Gasteiger partial charge in [0.05, 0.1) is 19.2 Å². The van der Waals surface area contributed by atoms with E-state index in [1.807, 2.05) is 0 Å². The molecule has 0 saturated carbocycles. The molecular weight excluding hydrogens is 328 g/mol. The Balaban J connectivity index is 2.31. The molecular formula is C14H13ClN2O6. The second-order valence-electron chi connectivity index (χ2n) is 4.51. The summed E-state index contributed by atoms with van der Waals surface area (Å²) in [5.74, 6) is -1.51. The Morgan fingerprint density at radius 2 is 2.09 bits per heavy atom. The zero-order chi connectivity index (χ0) is 17.1. The van der Waals surface area contributed by atoms with Crippen molar-refractivity contribution in [1.82, 2.24) is 10.2 Å². The number of imide groups is 1. The fraction of sp³-hybridized carbons (Fsp3) is 0.214. The van der Waals surface area contributed by atoms with Crippen molar-refractivity contribution in [2.75, 3.05) is 20.8 Å². The molecule has 8 nitrogen and oxygen atoms in total. The van der Waals surface area contributed by atoms with Crippen molar-refractivity contribution in [3.8, 4) is 11.5 Å². The quantitative estimate of drug-likeness (QED) is 0.483. The normalized spacial score (nSPS) is 15.8. The number of phenolic OH excluding ortho intramolecular Hbond substituents is 1. The molecule has 1 aromatic rings. The van der Waals surface area contributed by atoms with Crippen molar-refractivity contribution >= 4 is 35.6 Å². The van der Waals surface area contributed by atoms with Crippen molar-refractivity contribution < 1.29 is 29.0 Å². The van der Waals surface area contributed by atoms with Crippen LogP contribution in [-0.4, -0.2) is 48.7 Å². The smallest absolute Gasteiger partial charge is 0.329 e. The number of aromatic hydroxyl groups is 1. The Kier molecular flexibility index (Phi) is 4.75. The lowest BCUT2D eigenvalue weighted by Crippen LogP contribution is -2.36. The molecule has 23 heavy (non-hydrogen) atoms. The summed E-state index contributed by atoms with van der Waals surface area (Å²) < 4.78 is 9.39. The van der Waals surface area contributed by atoms with Gasteiger partial charge in [0, 0.05) is 0 Å². The van der Waals surface area contributed by atoms with E-state index in [4.69, 9.17) is 16.3 Å². The van der Waals surface area contributed by atoms with Crippen LogP contribution in [0, 0.1) is 0 Å². The molecule has 0 atom stereocenters. The van der Waals surface area contributed by atoms with Crippen LogP contribution in [-0.2, 0) is 14.3 Å². The molecule has 0 aliphatic carbocycles. The number of halogens is 1. The second-order valence-corrected chi connectivity index (χ2v) is 4.92. The van der Waals surface area contributed by atoms with Gasteiger partial charge in [0.1, 0.15) is 12.2 Å². The molecule has 0 unspecified atom stereocenters. The van der Waals surface area contributed by atoms with Gasteiger partial charge in [-0.2, -0.15) is 0 Å². The molecule has 1 fully saturated rings. The van der Waals surface area contributed by atoms with Crippen LogP contribution >= 0.6 is 11.6 Å². The number of esters is 1. The van der Waals surface area contributed by atoms with Gasteiger partial charge in [-0.05, 0) is 23.8 Å². The van der Waals surface area contributed by atoms with Crippen molar-refractivity contribution in [3.63, 3.8) is 0 Å². The highest BCUT2D eigenvalue weighted by molar-refractivity contribution is 6.32. The second kappa shape index (κ2) is 6.57. The van der Waals surface area contributed by atoms with Gasteiger partial charge in [-0.15, -0.1) is 0 Å². The number of carbonyl (C=O) groups is 3. The van der Waals surface area contributed by atoms with Crippen molar-refractivity contribution in [3.05, 3.63) is 28.4 Å². The van der Waals surface area contributed by atoms with E-state index < -0.39 is 24.5 Å². The number of nitrogens with zero attached hydrogens (tertiary/aromatic N) is 1. The molecule has 0 radical (unpaired) electrons. The van der Waals surface area contributed by atoms with Crippen LogP contribution in [0.5, 0.6) is 11.5 Å². The Hall–Kier alpha value is -2.74. The third-order valence-electron chi connectivity index (χ3n) is 3.06. The highest BCUT2D eigenvalue weighted by atomic mass is 35.5. The van der Waals surface area contributed by atoms with Gasteiger partial charge in [0.25, 0.3) is 5.91 Å². The van der Waals surface area contributed by atoms with Crippen LogP contribution in [0.3, 0.4) is 0 Å². The summed E-state index contributed by atoms with van der Waals surface area (Å²) in [7, 11) is 2.51. The third kappa shape index (κ3) is 3.37. The maximum absolute atomic E-state index is 12.1. The van der Waals surface area contributed by atoms with Gasteiger partial charge in [-0.3, -0.25) is 9.59 Å². The molecule has 1 aliphatic rings. The van der Waals surface area contributed by atoms with E-state index in [1.165, 1.54) is 25.3 Å². The summed E-state index contributed by atoms with van der Waals surface area (Å²) >= 11 is 5.86. The first-order valence-corrected chi connectivity index (χ1v) is 6.73. The number of carbonyl (C=O) groups excluding carboxylic acids is 3. The first kappa shape index (κ1) is 16.6. The van der Waals surface area contributed by atoms with Gasteiger partial charge < -0.3 is 19.9 Å². The van der Waals surface area contributed by atoms with E-state index in [2.05, 4.69) is 10.1 Å². The lowest BCUT2D eigenvalue weighted by atomic mass is 10.1. The fourth-order valence-corrected chi connectivity index (χ4v) is 2.13. The number of methoxy groups -OCH3 is 2. The van der Waals surface area contributed by atoms with E-state index in [0.29, 0.717) is 5.56 Å². The zero-order valence-corrected chi connectivity index (χ0v) is 13.0. The molecule has 1 aliphatic heterocycles. The van der Waals surface area contributed by atoms with Crippen LogP contribution in [0.2, 0.25) is 5.02 Å². The van der Waals surface area contributed by atoms with Gasteiger partial charge in [0.2, 0.25) is 0 Å². The summed E-state index contributed by atoms with van der Waals surface area (Å²) in [6.45, 7) is -0.488.